The molecule has 2 amide bonds. The number of hydrogen-bond donors (Lipinski definition) is 3. The van der Waals surface area contributed by atoms with Gasteiger partial charge in [-0.05, 0) is 5.56 Å². The molecule has 1 aliphatic rings. The summed E-state index contributed by atoms with van der Waals surface area (Å²) in [5.74, 6) is -0.250. The molecule has 0 spiro atoms. The summed E-state index contributed by atoms with van der Waals surface area (Å²) in [5.41, 5.74) is 1.05. The van der Waals surface area contributed by atoms with Crippen LogP contribution in [0.3, 0.4) is 0 Å². The van der Waals surface area contributed by atoms with Gasteiger partial charge in [-0.3, -0.25) is 9.59 Å². The van der Waals surface area contributed by atoms with Gasteiger partial charge in [0.15, 0.2) is 0 Å². The minimum absolute atomic E-state index is 0.0816. The van der Waals surface area contributed by atoms with E-state index in [0.717, 1.165) is 12.1 Å². The maximum atomic E-state index is 11.8. The molecule has 0 aromatic heterocycles. The van der Waals surface area contributed by atoms with Crippen molar-refractivity contribution in [2.45, 2.75) is 19.1 Å². The van der Waals surface area contributed by atoms with Gasteiger partial charge in [0.2, 0.25) is 11.8 Å². The second-order valence-electron chi connectivity index (χ2n) is 4.87. The molecule has 2 rings (SSSR count). The van der Waals surface area contributed by atoms with Crippen molar-refractivity contribution >= 4 is 11.8 Å². The summed E-state index contributed by atoms with van der Waals surface area (Å²) >= 11 is 0. The molecule has 6 nitrogen and oxygen atoms in total. The van der Waals surface area contributed by atoms with Crippen molar-refractivity contribution in [2.75, 3.05) is 26.2 Å². The van der Waals surface area contributed by atoms with Crippen LogP contribution in [0.25, 0.3) is 0 Å². The van der Waals surface area contributed by atoms with Crippen LogP contribution in [0.15, 0.2) is 30.3 Å². The van der Waals surface area contributed by atoms with Crippen LogP contribution in [0.2, 0.25) is 0 Å². The zero-order valence-corrected chi connectivity index (χ0v) is 11.9. The molecule has 21 heavy (non-hydrogen) atoms. The highest BCUT2D eigenvalue weighted by molar-refractivity contribution is 5.82. The van der Waals surface area contributed by atoms with Crippen LogP contribution >= 0.6 is 0 Å². The molecule has 1 aromatic rings. The first-order chi connectivity index (χ1) is 10.3. The highest BCUT2D eigenvalue weighted by Crippen LogP contribution is 1.98. The van der Waals surface area contributed by atoms with Gasteiger partial charge in [-0.2, -0.15) is 0 Å². The predicted octanol–water partition coefficient (Wildman–Crippen LogP) is -0.202. The Labute approximate surface area is 124 Å². The first kappa shape index (κ1) is 15.5. The SMILES string of the molecule is O=C(CCNC(=O)C1CNCCO1)NCc1ccccc1. The summed E-state index contributed by atoms with van der Waals surface area (Å²) in [6, 6.07) is 9.70. The van der Waals surface area contributed by atoms with Gasteiger partial charge in [0.25, 0.3) is 0 Å². The Balaban J connectivity index is 1.59. The molecule has 3 N–H and O–H groups in total. The van der Waals surface area contributed by atoms with E-state index in [9.17, 15) is 9.59 Å². The monoisotopic (exact) mass is 291 g/mol. The molecule has 0 aliphatic carbocycles. The number of carbonyl (C=O) groups is 2. The quantitative estimate of drug-likeness (QED) is 0.678. The van der Waals surface area contributed by atoms with Gasteiger partial charge in [0, 0.05) is 32.6 Å². The van der Waals surface area contributed by atoms with Gasteiger partial charge >= 0.3 is 0 Å². The molecule has 1 unspecified atom stereocenters. The van der Waals surface area contributed by atoms with Crippen molar-refractivity contribution in [1.29, 1.82) is 0 Å². The van der Waals surface area contributed by atoms with Crippen LogP contribution in [0.4, 0.5) is 0 Å². The molecule has 114 valence electrons. The smallest absolute Gasteiger partial charge is 0.250 e. The Bertz CT molecular complexity index is 458. The minimum Gasteiger partial charge on any atom is -0.366 e. The summed E-state index contributed by atoms with van der Waals surface area (Å²) < 4.78 is 5.33. The van der Waals surface area contributed by atoms with Gasteiger partial charge in [0.05, 0.1) is 6.61 Å². The van der Waals surface area contributed by atoms with E-state index in [4.69, 9.17) is 4.74 Å². The molecule has 1 atom stereocenters. The number of carbonyl (C=O) groups excluding carboxylic acids is 2. The second kappa shape index (κ2) is 8.39. The van der Waals surface area contributed by atoms with E-state index >= 15 is 0 Å². The summed E-state index contributed by atoms with van der Waals surface area (Å²) in [4.78, 5) is 23.4. The van der Waals surface area contributed by atoms with Crippen molar-refractivity contribution in [3.8, 4) is 0 Å². The van der Waals surface area contributed by atoms with Crippen molar-refractivity contribution < 1.29 is 14.3 Å². The van der Waals surface area contributed by atoms with Crippen LogP contribution in [0.5, 0.6) is 0 Å². The molecule has 0 saturated carbocycles. The topological polar surface area (TPSA) is 79.5 Å². The second-order valence-corrected chi connectivity index (χ2v) is 4.87. The number of nitrogens with one attached hydrogen (secondary N) is 3. The lowest BCUT2D eigenvalue weighted by Gasteiger charge is -2.22. The van der Waals surface area contributed by atoms with Gasteiger partial charge in [-0.15, -0.1) is 0 Å². The van der Waals surface area contributed by atoms with E-state index in [2.05, 4.69) is 16.0 Å². The zero-order chi connectivity index (χ0) is 14.9. The van der Waals surface area contributed by atoms with Crippen LogP contribution in [-0.4, -0.2) is 44.2 Å². The maximum Gasteiger partial charge on any atom is 0.250 e. The third kappa shape index (κ3) is 5.53. The minimum atomic E-state index is -0.453. The summed E-state index contributed by atoms with van der Waals surface area (Å²) in [7, 11) is 0. The molecule has 1 saturated heterocycles. The average Bonchev–Trinajstić information content (AvgIpc) is 2.54. The summed E-state index contributed by atoms with van der Waals surface area (Å²) in [6.45, 7) is 2.65. The van der Waals surface area contributed by atoms with Crippen LogP contribution in [0, 0.1) is 0 Å². The third-order valence-electron chi connectivity index (χ3n) is 3.20. The Hall–Kier alpha value is -1.92. The number of amides is 2. The number of morpholine rings is 1. The van der Waals surface area contributed by atoms with Gasteiger partial charge < -0.3 is 20.7 Å². The molecule has 0 bridgehead atoms. The summed E-state index contributed by atoms with van der Waals surface area (Å²) in [5, 5.41) is 8.62. The number of rotatable bonds is 6. The number of ether oxygens (including phenoxy) is 1. The third-order valence-corrected chi connectivity index (χ3v) is 3.20. The van der Waals surface area contributed by atoms with E-state index in [1.807, 2.05) is 30.3 Å². The lowest BCUT2D eigenvalue weighted by Crippen LogP contribution is -2.48. The first-order valence-corrected chi connectivity index (χ1v) is 7.16. The molecule has 1 fully saturated rings. The normalized spacial score (nSPS) is 18.0. The molecule has 1 aliphatic heterocycles. The van der Waals surface area contributed by atoms with E-state index in [-0.39, 0.29) is 18.2 Å². The maximum absolute atomic E-state index is 11.8. The molecule has 6 heteroatoms. The average molecular weight is 291 g/mol. The number of hydrogen-bond acceptors (Lipinski definition) is 4. The van der Waals surface area contributed by atoms with Crippen molar-refractivity contribution in [1.82, 2.24) is 16.0 Å². The van der Waals surface area contributed by atoms with Gasteiger partial charge in [-0.1, -0.05) is 30.3 Å². The Kier molecular flexibility index (Phi) is 6.18. The largest absolute Gasteiger partial charge is 0.366 e. The molecule has 1 heterocycles. The van der Waals surface area contributed by atoms with E-state index in [1.54, 1.807) is 0 Å². The highest BCUT2D eigenvalue weighted by Gasteiger charge is 2.21. The molecular formula is C15H21N3O3. The summed E-state index contributed by atoms with van der Waals surface area (Å²) in [6.07, 6.45) is -0.190. The molecule has 1 aromatic carbocycles. The van der Waals surface area contributed by atoms with Crippen molar-refractivity contribution in [3.05, 3.63) is 35.9 Å². The zero-order valence-electron chi connectivity index (χ0n) is 11.9. The van der Waals surface area contributed by atoms with Crippen LogP contribution in [0.1, 0.15) is 12.0 Å². The Morgan fingerprint density at radius 2 is 2.05 bits per heavy atom. The fraction of sp³-hybridized carbons (Fsp3) is 0.467. The standard InChI is InChI=1S/C15H21N3O3/c19-14(18-10-12-4-2-1-3-5-12)6-7-17-15(20)13-11-16-8-9-21-13/h1-5,13,16H,6-11H2,(H,17,20)(H,18,19). The Morgan fingerprint density at radius 3 is 2.76 bits per heavy atom. The van der Waals surface area contributed by atoms with Crippen LogP contribution in [-0.2, 0) is 20.9 Å². The highest BCUT2D eigenvalue weighted by atomic mass is 16.5. The van der Waals surface area contributed by atoms with Crippen LogP contribution < -0.4 is 16.0 Å². The fourth-order valence-electron chi connectivity index (χ4n) is 2.03. The van der Waals surface area contributed by atoms with E-state index < -0.39 is 6.10 Å². The predicted molar refractivity (Wildman–Crippen MR) is 78.5 cm³/mol. The lowest BCUT2D eigenvalue weighted by molar-refractivity contribution is -0.134. The molecule has 0 radical (unpaired) electrons. The first-order valence-electron chi connectivity index (χ1n) is 7.16. The van der Waals surface area contributed by atoms with Gasteiger partial charge in [0.1, 0.15) is 6.10 Å². The van der Waals surface area contributed by atoms with Crippen molar-refractivity contribution in [2.24, 2.45) is 0 Å². The van der Waals surface area contributed by atoms with Crippen molar-refractivity contribution in [3.63, 3.8) is 0 Å². The van der Waals surface area contributed by atoms with Gasteiger partial charge in [-0.25, -0.2) is 0 Å². The van der Waals surface area contributed by atoms with E-state index in [1.165, 1.54) is 0 Å². The Morgan fingerprint density at radius 1 is 1.24 bits per heavy atom. The van der Waals surface area contributed by atoms with E-state index in [0.29, 0.717) is 26.2 Å². The molecular weight excluding hydrogens is 270 g/mol. The number of benzene rings is 1. The lowest BCUT2D eigenvalue weighted by atomic mass is 10.2. The fourth-order valence-corrected chi connectivity index (χ4v) is 2.03.